The van der Waals surface area contributed by atoms with Crippen LogP contribution in [0.15, 0.2) is 46.2 Å². The third kappa shape index (κ3) is 4.93. The minimum Gasteiger partial charge on any atom is -0.310 e. The Morgan fingerprint density at radius 3 is 2.52 bits per heavy atom. The van der Waals surface area contributed by atoms with Gasteiger partial charge in [-0.3, -0.25) is 0 Å². The Kier molecular flexibility index (Phi) is 6.00. The van der Waals surface area contributed by atoms with Gasteiger partial charge in [-0.25, -0.2) is 0 Å². The number of rotatable bonds is 5. The van der Waals surface area contributed by atoms with E-state index in [4.69, 9.17) is 23.2 Å². The maximum Gasteiger partial charge on any atom is 0.0546 e. The van der Waals surface area contributed by atoms with Crippen LogP contribution in [0.5, 0.6) is 0 Å². The molecule has 0 amide bonds. The zero-order valence-corrected chi connectivity index (χ0v) is 14.7. The van der Waals surface area contributed by atoms with E-state index >= 15 is 0 Å². The number of halogens is 2. The highest BCUT2D eigenvalue weighted by molar-refractivity contribution is 7.99. The Labute approximate surface area is 141 Å². The maximum atomic E-state index is 6.21. The molecule has 4 heteroatoms. The summed E-state index contributed by atoms with van der Waals surface area (Å²) in [6.07, 6.45) is 0. The van der Waals surface area contributed by atoms with Gasteiger partial charge in [-0.1, -0.05) is 54.9 Å². The van der Waals surface area contributed by atoms with Crippen molar-refractivity contribution in [2.75, 3.05) is 0 Å². The fourth-order valence-corrected chi connectivity index (χ4v) is 3.37. The lowest BCUT2D eigenvalue weighted by Gasteiger charge is -2.12. The summed E-state index contributed by atoms with van der Waals surface area (Å²) in [7, 11) is 0. The van der Waals surface area contributed by atoms with Gasteiger partial charge in [0, 0.05) is 27.4 Å². The Bertz CT molecular complexity index is 626. The van der Waals surface area contributed by atoms with Gasteiger partial charge < -0.3 is 5.32 Å². The van der Waals surface area contributed by atoms with E-state index in [0.29, 0.717) is 11.1 Å². The smallest absolute Gasteiger partial charge is 0.0546 e. The summed E-state index contributed by atoms with van der Waals surface area (Å²) in [4.78, 5) is 2.15. The lowest BCUT2D eigenvalue weighted by Crippen LogP contribution is -2.22. The molecule has 2 aromatic carbocycles. The van der Waals surface area contributed by atoms with Gasteiger partial charge in [0.1, 0.15) is 0 Å². The summed E-state index contributed by atoms with van der Waals surface area (Å²) in [5.74, 6) is 0. The predicted octanol–water partition coefficient (Wildman–Crippen LogP) is 5.95. The summed E-state index contributed by atoms with van der Waals surface area (Å²) in [5, 5.41) is 4.88. The first-order valence-electron chi connectivity index (χ1n) is 6.91. The van der Waals surface area contributed by atoms with Crippen LogP contribution in [0, 0.1) is 6.92 Å². The SMILES string of the molecule is Cc1cc(Sc2cc(Cl)ccc2Cl)ccc1CNC(C)C. The van der Waals surface area contributed by atoms with E-state index in [2.05, 4.69) is 44.3 Å². The molecule has 0 heterocycles. The molecule has 0 aromatic heterocycles. The molecule has 0 saturated carbocycles. The highest BCUT2D eigenvalue weighted by Crippen LogP contribution is 2.35. The molecule has 0 spiro atoms. The third-order valence-corrected chi connectivity index (χ3v) is 4.86. The molecule has 112 valence electrons. The minimum absolute atomic E-state index is 0.490. The molecule has 2 rings (SSSR count). The van der Waals surface area contributed by atoms with Crippen molar-refractivity contribution < 1.29 is 0 Å². The van der Waals surface area contributed by atoms with Crippen LogP contribution >= 0.6 is 35.0 Å². The van der Waals surface area contributed by atoms with Crippen LogP contribution in [-0.4, -0.2) is 6.04 Å². The summed E-state index contributed by atoms with van der Waals surface area (Å²) in [6, 6.07) is 12.5. The summed E-state index contributed by atoms with van der Waals surface area (Å²) >= 11 is 13.9. The number of hydrogen-bond donors (Lipinski definition) is 1. The van der Waals surface area contributed by atoms with Crippen LogP contribution in [0.3, 0.4) is 0 Å². The molecule has 2 aromatic rings. The first-order chi connectivity index (χ1) is 9.95. The van der Waals surface area contributed by atoms with Crippen molar-refractivity contribution in [3.05, 3.63) is 57.6 Å². The van der Waals surface area contributed by atoms with Crippen LogP contribution in [0.1, 0.15) is 25.0 Å². The molecule has 1 N–H and O–H groups in total. The zero-order valence-electron chi connectivity index (χ0n) is 12.4. The van der Waals surface area contributed by atoms with Crippen LogP contribution in [0.4, 0.5) is 0 Å². The topological polar surface area (TPSA) is 12.0 Å². The average Bonchev–Trinajstić information content (AvgIpc) is 2.42. The van der Waals surface area contributed by atoms with Gasteiger partial charge >= 0.3 is 0 Å². The van der Waals surface area contributed by atoms with Crippen molar-refractivity contribution >= 4 is 35.0 Å². The Morgan fingerprint density at radius 2 is 1.86 bits per heavy atom. The van der Waals surface area contributed by atoms with Crippen LogP contribution in [0.2, 0.25) is 10.0 Å². The van der Waals surface area contributed by atoms with Gasteiger partial charge in [0.2, 0.25) is 0 Å². The average molecular weight is 340 g/mol. The van der Waals surface area contributed by atoms with Gasteiger partial charge in [0.15, 0.2) is 0 Å². The van der Waals surface area contributed by atoms with E-state index in [1.165, 1.54) is 16.0 Å². The molecular weight excluding hydrogens is 321 g/mol. The standard InChI is InChI=1S/C17H19Cl2NS/c1-11(2)20-10-13-4-6-15(8-12(13)3)21-17-9-14(18)5-7-16(17)19/h4-9,11,20H,10H2,1-3H3. The molecular formula is C17H19Cl2NS. The molecule has 0 radical (unpaired) electrons. The molecule has 21 heavy (non-hydrogen) atoms. The van der Waals surface area contributed by atoms with Crippen LogP contribution in [-0.2, 0) is 6.54 Å². The Balaban J connectivity index is 2.14. The van der Waals surface area contributed by atoms with Crippen molar-refractivity contribution in [1.82, 2.24) is 5.32 Å². The first kappa shape index (κ1) is 16.7. The van der Waals surface area contributed by atoms with E-state index in [-0.39, 0.29) is 0 Å². The highest BCUT2D eigenvalue weighted by Gasteiger charge is 2.06. The zero-order chi connectivity index (χ0) is 15.4. The number of aryl methyl sites for hydroxylation is 1. The number of benzene rings is 2. The molecule has 1 nitrogen and oxygen atoms in total. The lowest BCUT2D eigenvalue weighted by molar-refractivity contribution is 0.587. The minimum atomic E-state index is 0.490. The lowest BCUT2D eigenvalue weighted by atomic mass is 10.1. The third-order valence-electron chi connectivity index (χ3n) is 3.14. The molecule has 0 aliphatic carbocycles. The molecule has 0 aliphatic heterocycles. The van der Waals surface area contributed by atoms with E-state index in [1.54, 1.807) is 17.8 Å². The van der Waals surface area contributed by atoms with Gasteiger partial charge in [0.25, 0.3) is 0 Å². The summed E-state index contributed by atoms with van der Waals surface area (Å²) < 4.78 is 0. The van der Waals surface area contributed by atoms with Crippen LogP contribution < -0.4 is 5.32 Å². The van der Waals surface area contributed by atoms with Crippen LogP contribution in [0.25, 0.3) is 0 Å². The van der Waals surface area contributed by atoms with Crippen molar-refractivity contribution in [2.24, 2.45) is 0 Å². The van der Waals surface area contributed by atoms with Crippen molar-refractivity contribution in [1.29, 1.82) is 0 Å². The quantitative estimate of drug-likeness (QED) is 0.722. The largest absolute Gasteiger partial charge is 0.310 e. The molecule has 0 bridgehead atoms. The van der Waals surface area contributed by atoms with E-state index in [9.17, 15) is 0 Å². The maximum absolute atomic E-state index is 6.21. The number of nitrogens with one attached hydrogen (secondary N) is 1. The van der Waals surface area contributed by atoms with Gasteiger partial charge in [0.05, 0.1) is 5.02 Å². The first-order valence-corrected chi connectivity index (χ1v) is 8.49. The summed E-state index contributed by atoms with van der Waals surface area (Å²) in [5.41, 5.74) is 2.61. The van der Waals surface area contributed by atoms with E-state index < -0.39 is 0 Å². The monoisotopic (exact) mass is 339 g/mol. The van der Waals surface area contributed by atoms with Crippen molar-refractivity contribution in [2.45, 2.75) is 43.1 Å². The van der Waals surface area contributed by atoms with E-state index in [1.807, 2.05) is 12.1 Å². The second-order valence-electron chi connectivity index (χ2n) is 5.30. The number of hydrogen-bond acceptors (Lipinski definition) is 2. The molecule has 0 unspecified atom stereocenters. The van der Waals surface area contributed by atoms with Gasteiger partial charge in [-0.2, -0.15) is 0 Å². The van der Waals surface area contributed by atoms with Crippen molar-refractivity contribution in [3.8, 4) is 0 Å². The fourth-order valence-electron chi connectivity index (χ4n) is 1.93. The van der Waals surface area contributed by atoms with Gasteiger partial charge in [-0.05, 0) is 48.4 Å². The normalized spacial score (nSPS) is 11.1. The van der Waals surface area contributed by atoms with Gasteiger partial charge in [-0.15, -0.1) is 0 Å². The Hall–Kier alpha value is -0.670. The molecule has 0 saturated heterocycles. The molecule has 0 aliphatic rings. The van der Waals surface area contributed by atoms with Crippen molar-refractivity contribution in [3.63, 3.8) is 0 Å². The molecule has 0 atom stereocenters. The second-order valence-corrected chi connectivity index (χ2v) is 7.26. The highest BCUT2D eigenvalue weighted by atomic mass is 35.5. The second kappa shape index (κ2) is 7.55. The Morgan fingerprint density at radius 1 is 1.10 bits per heavy atom. The molecule has 0 fully saturated rings. The fraction of sp³-hybridized carbons (Fsp3) is 0.294. The predicted molar refractivity (Wildman–Crippen MR) is 93.7 cm³/mol. The van der Waals surface area contributed by atoms with E-state index in [0.717, 1.165) is 16.5 Å². The summed E-state index contributed by atoms with van der Waals surface area (Å²) in [6.45, 7) is 7.34.